The van der Waals surface area contributed by atoms with Gasteiger partial charge >= 0.3 is 0 Å². The minimum absolute atomic E-state index is 0.0143. The van der Waals surface area contributed by atoms with Gasteiger partial charge in [-0.05, 0) is 50.1 Å². The molecular formula is C15H24N2O2. The summed E-state index contributed by atoms with van der Waals surface area (Å²) in [5, 5.41) is 2.90. The number of rotatable bonds is 8. The number of amides is 1. The smallest absolute Gasteiger partial charge is 0.227 e. The lowest BCUT2D eigenvalue weighted by Gasteiger charge is -2.12. The second-order valence-electron chi connectivity index (χ2n) is 4.69. The average molecular weight is 264 g/mol. The maximum absolute atomic E-state index is 11.9. The molecule has 0 aliphatic heterocycles. The van der Waals surface area contributed by atoms with Gasteiger partial charge in [-0.3, -0.25) is 4.79 Å². The topological polar surface area (TPSA) is 64.3 Å². The van der Waals surface area contributed by atoms with Crippen LogP contribution in [0.5, 0.6) is 5.75 Å². The van der Waals surface area contributed by atoms with E-state index in [9.17, 15) is 4.79 Å². The van der Waals surface area contributed by atoms with E-state index in [-0.39, 0.29) is 11.8 Å². The Morgan fingerprint density at radius 3 is 2.63 bits per heavy atom. The van der Waals surface area contributed by atoms with E-state index >= 15 is 0 Å². The zero-order valence-corrected chi connectivity index (χ0v) is 11.8. The van der Waals surface area contributed by atoms with E-state index in [1.165, 1.54) is 0 Å². The lowest BCUT2D eigenvalue weighted by Crippen LogP contribution is -2.21. The Kier molecular flexibility index (Phi) is 6.97. The monoisotopic (exact) mass is 264 g/mol. The summed E-state index contributed by atoms with van der Waals surface area (Å²) in [6.07, 6.45) is 2.68. The lowest BCUT2D eigenvalue weighted by molar-refractivity contribution is -0.119. The summed E-state index contributed by atoms with van der Waals surface area (Å²) in [6.45, 7) is 5.32. The van der Waals surface area contributed by atoms with E-state index in [1.54, 1.807) is 0 Å². The van der Waals surface area contributed by atoms with E-state index in [2.05, 4.69) is 12.2 Å². The molecule has 4 nitrogen and oxygen atoms in total. The molecule has 0 spiro atoms. The summed E-state index contributed by atoms with van der Waals surface area (Å²) in [6, 6.07) is 7.46. The number of hydrogen-bond donors (Lipinski definition) is 2. The second kappa shape index (κ2) is 8.53. The molecule has 1 aromatic rings. The Balaban J connectivity index is 2.45. The molecule has 0 saturated carbocycles. The summed E-state index contributed by atoms with van der Waals surface area (Å²) in [7, 11) is 0. The van der Waals surface area contributed by atoms with Gasteiger partial charge in [-0.15, -0.1) is 0 Å². The Labute approximate surface area is 115 Å². The van der Waals surface area contributed by atoms with Crippen LogP contribution >= 0.6 is 0 Å². The number of ether oxygens (including phenoxy) is 1. The Morgan fingerprint density at radius 2 is 2.05 bits per heavy atom. The fourth-order valence-electron chi connectivity index (χ4n) is 1.67. The first-order chi connectivity index (χ1) is 9.17. The number of carbonyl (C=O) groups excluding carboxylic acids is 1. The molecule has 0 radical (unpaired) electrons. The molecule has 3 N–H and O–H groups in total. The van der Waals surface area contributed by atoms with Crippen molar-refractivity contribution in [2.75, 3.05) is 18.5 Å². The zero-order chi connectivity index (χ0) is 14.1. The van der Waals surface area contributed by atoms with E-state index < -0.39 is 0 Å². The number of benzene rings is 1. The fraction of sp³-hybridized carbons (Fsp3) is 0.533. The molecule has 106 valence electrons. The van der Waals surface area contributed by atoms with E-state index in [4.69, 9.17) is 10.5 Å². The number of carbonyl (C=O) groups is 1. The molecule has 0 aliphatic carbocycles. The van der Waals surface area contributed by atoms with Crippen LogP contribution in [0.4, 0.5) is 5.69 Å². The van der Waals surface area contributed by atoms with Crippen molar-refractivity contribution in [1.29, 1.82) is 0 Å². The molecule has 1 unspecified atom stereocenters. The molecule has 0 fully saturated rings. The van der Waals surface area contributed by atoms with Crippen molar-refractivity contribution in [3.8, 4) is 5.75 Å². The van der Waals surface area contributed by atoms with Crippen molar-refractivity contribution in [1.82, 2.24) is 0 Å². The largest absolute Gasteiger partial charge is 0.494 e. The number of anilines is 1. The van der Waals surface area contributed by atoms with Gasteiger partial charge in [0.05, 0.1) is 6.61 Å². The lowest BCUT2D eigenvalue weighted by atomic mass is 10.0. The predicted octanol–water partition coefficient (Wildman–Crippen LogP) is 2.79. The van der Waals surface area contributed by atoms with Crippen molar-refractivity contribution in [2.45, 2.75) is 33.1 Å². The minimum Gasteiger partial charge on any atom is -0.494 e. The molecular weight excluding hydrogens is 240 g/mol. The Morgan fingerprint density at radius 1 is 1.37 bits per heavy atom. The third kappa shape index (κ3) is 5.75. The van der Waals surface area contributed by atoms with Crippen molar-refractivity contribution in [3.63, 3.8) is 0 Å². The van der Waals surface area contributed by atoms with Gasteiger partial charge in [-0.25, -0.2) is 0 Å². The molecule has 19 heavy (non-hydrogen) atoms. The zero-order valence-electron chi connectivity index (χ0n) is 11.8. The van der Waals surface area contributed by atoms with Gasteiger partial charge < -0.3 is 15.8 Å². The van der Waals surface area contributed by atoms with Crippen LogP contribution in [0.1, 0.15) is 33.1 Å². The summed E-state index contributed by atoms with van der Waals surface area (Å²) >= 11 is 0. The molecule has 1 amide bonds. The van der Waals surface area contributed by atoms with Crippen LogP contribution < -0.4 is 15.8 Å². The van der Waals surface area contributed by atoms with Gasteiger partial charge in [0, 0.05) is 11.6 Å². The van der Waals surface area contributed by atoms with Crippen molar-refractivity contribution in [3.05, 3.63) is 24.3 Å². The van der Waals surface area contributed by atoms with Crippen LogP contribution in [-0.4, -0.2) is 19.1 Å². The Bertz CT molecular complexity index is 376. The van der Waals surface area contributed by atoms with Crippen LogP contribution in [0.25, 0.3) is 0 Å². The summed E-state index contributed by atoms with van der Waals surface area (Å²) < 4.78 is 5.49. The number of hydrogen-bond acceptors (Lipinski definition) is 3. The van der Waals surface area contributed by atoms with Gasteiger partial charge in [-0.2, -0.15) is 0 Å². The first-order valence-corrected chi connectivity index (χ1v) is 6.91. The molecule has 1 aromatic carbocycles. The van der Waals surface area contributed by atoms with E-state index in [0.717, 1.165) is 30.7 Å². The maximum Gasteiger partial charge on any atom is 0.227 e. The van der Waals surface area contributed by atoms with Gasteiger partial charge in [0.25, 0.3) is 0 Å². The van der Waals surface area contributed by atoms with Crippen LogP contribution in [0.15, 0.2) is 24.3 Å². The summed E-state index contributed by atoms with van der Waals surface area (Å²) in [4.78, 5) is 11.9. The van der Waals surface area contributed by atoms with Crippen LogP contribution in [-0.2, 0) is 4.79 Å². The highest BCUT2D eigenvalue weighted by atomic mass is 16.5. The normalized spacial score (nSPS) is 11.9. The number of nitrogens with one attached hydrogen (secondary N) is 1. The second-order valence-corrected chi connectivity index (χ2v) is 4.69. The fourth-order valence-corrected chi connectivity index (χ4v) is 1.67. The highest BCUT2D eigenvalue weighted by Crippen LogP contribution is 2.17. The first kappa shape index (κ1) is 15.5. The standard InChI is InChI=1S/C15H24N2O2/c1-3-11-19-14-8-6-13(7-9-14)17-15(18)12(2)5-4-10-16/h6-9,12H,3-5,10-11,16H2,1-2H3,(H,17,18). The quantitative estimate of drug-likeness (QED) is 0.759. The first-order valence-electron chi connectivity index (χ1n) is 6.91. The molecule has 1 atom stereocenters. The van der Waals surface area contributed by atoms with Crippen molar-refractivity contribution >= 4 is 11.6 Å². The van der Waals surface area contributed by atoms with Crippen molar-refractivity contribution in [2.24, 2.45) is 11.7 Å². The highest BCUT2D eigenvalue weighted by Gasteiger charge is 2.12. The van der Waals surface area contributed by atoms with E-state index in [0.29, 0.717) is 13.2 Å². The van der Waals surface area contributed by atoms with Gasteiger partial charge in [0.2, 0.25) is 5.91 Å². The number of nitrogens with two attached hydrogens (primary N) is 1. The third-order valence-corrected chi connectivity index (χ3v) is 2.88. The van der Waals surface area contributed by atoms with Crippen LogP contribution in [0.3, 0.4) is 0 Å². The minimum atomic E-state index is -0.0143. The van der Waals surface area contributed by atoms with Gasteiger partial charge in [0.15, 0.2) is 0 Å². The summed E-state index contributed by atoms with van der Waals surface area (Å²) in [5.74, 6) is 0.853. The molecule has 0 aliphatic rings. The Hall–Kier alpha value is -1.55. The third-order valence-electron chi connectivity index (χ3n) is 2.88. The van der Waals surface area contributed by atoms with Crippen LogP contribution in [0.2, 0.25) is 0 Å². The molecule has 0 saturated heterocycles. The molecule has 1 rings (SSSR count). The van der Waals surface area contributed by atoms with E-state index in [1.807, 2.05) is 31.2 Å². The highest BCUT2D eigenvalue weighted by molar-refractivity contribution is 5.92. The predicted molar refractivity (Wildman–Crippen MR) is 78.3 cm³/mol. The SMILES string of the molecule is CCCOc1ccc(NC(=O)C(C)CCCN)cc1. The molecule has 0 heterocycles. The summed E-state index contributed by atoms with van der Waals surface area (Å²) in [5.41, 5.74) is 6.24. The van der Waals surface area contributed by atoms with Crippen LogP contribution in [0, 0.1) is 5.92 Å². The molecule has 0 bridgehead atoms. The molecule has 0 aromatic heterocycles. The molecule has 4 heteroatoms. The average Bonchev–Trinajstić information content (AvgIpc) is 2.43. The van der Waals surface area contributed by atoms with Crippen molar-refractivity contribution < 1.29 is 9.53 Å². The van der Waals surface area contributed by atoms with Gasteiger partial charge in [-0.1, -0.05) is 13.8 Å². The van der Waals surface area contributed by atoms with Gasteiger partial charge in [0.1, 0.15) is 5.75 Å². The maximum atomic E-state index is 11.9.